The van der Waals surface area contributed by atoms with E-state index in [4.69, 9.17) is 17.4 Å². The number of carbonyl (C=O) groups excluding carboxylic acids is 1. The Morgan fingerprint density at radius 1 is 1.58 bits per heavy atom. The number of aromatic nitrogens is 1. The van der Waals surface area contributed by atoms with Crippen LogP contribution in [0.2, 0.25) is 5.02 Å². The van der Waals surface area contributed by atoms with Gasteiger partial charge >= 0.3 is 0 Å². The van der Waals surface area contributed by atoms with Crippen LogP contribution in [0.25, 0.3) is 0 Å². The van der Waals surface area contributed by atoms with Crippen molar-refractivity contribution in [2.45, 2.75) is 27.2 Å². The van der Waals surface area contributed by atoms with Crippen molar-refractivity contribution in [3.63, 3.8) is 0 Å². The summed E-state index contributed by atoms with van der Waals surface area (Å²) in [5, 5.41) is 0.341. The summed E-state index contributed by atoms with van der Waals surface area (Å²) in [5.41, 5.74) is 2.86. The molecule has 0 aliphatic carbocycles. The highest BCUT2D eigenvalue weighted by molar-refractivity contribution is 6.33. The van der Waals surface area contributed by atoms with E-state index in [9.17, 15) is 4.79 Å². The van der Waals surface area contributed by atoms with E-state index in [-0.39, 0.29) is 5.91 Å². The number of hydrazine groups is 1. The Morgan fingerprint density at radius 2 is 2.26 bits per heavy atom. The van der Waals surface area contributed by atoms with Gasteiger partial charge in [-0.1, -0.05) is 31.9 Å². The smallest absolute Gasteiger partial charge is 0.255 e. The van der Waals surface area contributed by atoms with E-state index in [2.05, 4.69) is 24.3 Å². The zero-order valence-corrected chi connectivity index (χ0v) is 12.4. The molecule has 1 heterocycles. The average molecular weight is 285 g/mol. The molecular formula is C13H21ClN4O. The monoisotopic (exact) mass is 284 g/mol. The van der Waals surface area contributed by atoms with Gasteiger partial charge in [-0.25, -0.2) is 10.8 Å². The summed E-state index contributed by atoms with van der Waals surface area (Å²) in [4.78, 5) is 18.2. The Bertz CT molecular complexity index is 439. The topological polar surface area (TPSA) is 71.2 Å². The largest absolute Gasteiger partial charge is 0.339 e. The molecule has 0 fully saturated rings. The molecule has 1 rings (SSSR count). The number of hydrogen-bond acceptors (Lipinski definition) is 4. The third-order valence-electron chi connectivity index (χ3n) is 3.12. The number of pyridine rings is 1. The molecule has 1 unspecified atom stereocenters. The molecule has 0 saturated carbocycles. The maximum Gasteiger partial charge on any atom is 0.255 e. The first-order chi connectivity index (χ1) is 9.03. The van der Waals surface area contributed by atoms with Crippen molar-refractivity contribution in [2.24, 2.45) is 11.8 Å². The molecule has 5 nitrogen and oxygen atoms in total. The minimum atomic E-state index is -0.0548. The molecule has 3 N–H and O–H groups in total. The van der Waals surface area contributed by atoms with Gasteiger partial charge in [0.1, 0.15) is 0 Å². The number of nitrogen functional groups attached to an aromatic ring is 1. The van der Waals surface area contributed by atoms with E-state index in [0.717, 1.165) is 13.0 Å². The van der Waals surface area contributed by atoms with Gasteiger partial charge in [-0.2, -0.15) is 0 Å². The fourth-order valence-corrected chi connectivity index (χ4v) is 1.93. The van der Waals surface area contributed by atoms with E-state index < -0.39 is 0 Å². The average Bonchev–Trinajstić information content (AvgIpc) is 2.43. The Morgan fingerprint density at radius 3 is 2.74 bits per heavy atom. The van der Waals surface area contributed by atoms with Crippen molar-refractivity contribution in [2.75, 3.05) is 18.5 Å². The highest BCUT2D eigenvalue weighted by Crippen LogP contribution is 2.20. The molecule has 6 heteroatoms. The van der Waals surface area contributed by atoms with Crippen molar-refractivity contribution in [1.82, 2.24) is 9.88 Å². The first-order valence-corrected chi connectivity index (χ1v) is 6.82. The van der Waals surface area contributed by atoms with Crippen LogP contribution >= 0.6 is 11.6 Å². The van der Waals surface area contributed by atoms with Gasteiger partial charge in [-0.15, -0.1) is 0 Å². The SMILES string of the molecule is CCC(C)CN(CC)C(=O)c1cnc(NN)c(Cl)c1. The molecule has 0 saturated heterocycles. The number of amides is 1. The maximum absolute atomic E-state index is 12.4. The fraction of sp³-hybridized carbons (Fsp3) is 0.538. The van der Waals surface area contributed by atoms with Crippen LogP contribution in [0.3, 0.4) is 0 Å². The molecule has 0 aromatic carbocycles. The second-order valence-electron chi connectivity index (χ2n) is 4.56. The first-order valence-electron chi connectivity index (χ1n) is 6.44. The van der Waals surface area contributed by atoms with Gasteiger partial charge in [-0.05, 0) is 18.9 Å². The summed E-state index contributed by atoms with van der Waals surface area (Å²) in [7, 11) is 0. The van der Waals surface area contributed by atoms with Crippen LogP contribution in [0.1, 0.15) is 37.6 Å². The number of nitrogens with zero attached hydrogens (tertiary/aromatic N) is 2. The standard InChI is InChI=1S/C13H21ClN4O/c1-4-9(3)8-18(5-2)13(19)10-6-11(14)12(17-15)16-7-10/h6-7,9H,4-5,8,15H2,1-3H3,(H,16,17). The molecule has 0 radical (unpaired) electrons. The number of anilines is 1. The third-order valence-corrected chi connectivity index (χ3v) is 3.41. The van der Waals surface area contributed by atoms with Gasteiger partial charge in [0.15, 0.2) is 5.82 Å². The highest BCUT2D eigenvalue weighted by Gasteiger charge is 2.17. The molecule has 0 aliphatic heterocycles. The van der Waals surface area contributed by atoms with Gasteiger partial charge in [-0.3, -0.25) is 4.79 Å². The van der Waals surface area contributed by atoms with Crippen molar-refractivity contribution in [3.05, 3.63) is 22.8 Å². The van der Waals surface area contributed by atoms with E-state index in [1.807, 2.05) is 6.92 Å². The predicted octanol–water partition coefficient (Wildman–Crippen LogP) is 2.53. The lowest BCUT2D eigenvalue weighted by atomic mass is 10.1. The van der Waals surface area contributed by atoms with Crippen LogP contribution in [-0.4, -0.2) is 28.9 Å². The minimum Gasteiger partial charge on any atom is -0.339 e. The molecule has 0 spiro atoms. The quantitative estimate of drug-likeness (QED) is 0.622. The summed E-state index contributed by atoms with van der Waals surface area (Å²) in [5.74, 6) is 6.03. The van der Waals surface area contributed by atoms with Crippen LogP contribution in [0.5, 0.6) is 0 Å². The lowest BCUT2D eigenvalue weighted by molar-refractivity contribution is 0.0740. The first kappa shape index (κ1) is 15.7. The van der Waals surface area contributed by atoms with E-state index in [0.29, 0.717) is 28.9 Å². The Kier molecular flexibility index (Phi) is 6.05. The zero-order chi connectivity index (χ0) is 14.4. The molecule has 1 atom stereocenters. The third kappa shape index (κ3) is 4.08. The number of rotatable bonds is 6. The second kappa shape index (κ2) is 7.31. The van der Waals surface area contributed by atoms with Gasteiger partial charge in [0.05, 0.1) is 10.6 Å². The van der Waals surface area contributed by atoms with Crippen LogP contribution in [0.4, 0.5) is 5.82 Å². The van der Waals surface area contributed by atoms with Crippen LogP contribution in [-0.2, 0) is 0 Å². The normalized spacial score (nSPS) is 12.1. The van der Waals surface area contributed by atoms with Crippen molar-refractivity contribution >= 4 is 23.3 Å². The molecule has 1 amide bonds. The van der Waals surface area contributed by atoms with Gasteiger partial charge < -0.3 is 10.3 Å². The van der Waals surface area contributed by atoms with Crippen molar-refractivity contribution in [1.29, 1.82) is 0 Å². The van der Waals surface area contributed by atoms with Crippen LogP contribution in [0.15, 0.2) is 12.3 Å². The highest BCUT2D eigenvalue weighted by atomic mass is 35.5. The van der Waals surface area contributed by atoms with Crippen LogP contribution in [0, 0.1) is 5.92 Å². The minimum absolute atomic E-state index is 0.0548. The number of halogens is 1. The molecule has 1 aromatic rings. The number of nitrogens with two attached hydrogens (primary N) is 1. The lowest BCUT2D eigenvalue weighted by Gasteiger charge is -2.24. The molecular weight excluding hydrogens is 264 g/mol. The predicted molar refractivity (Wildman–Crippen MR) is 78.1 cm³/mol. The van der Waals surface area contributed by atoms with Crippen LogP contribution < -0.4 is 11.3 Å². The zero-order valence-electron chi connectivity index (χ0n) is 11.6. The number of hydrogen-bond donors (Lipinski definition) is 2. The Labute approximate surface area is 119 Å². The Hall–Kier alpha value is -1.33. The molecule has 106 valence electrons. The summed E-state index contributed by atoms with van der Waals surface area (Å²) in [6, 6.07) is 1.59. The van der Waals surface area contributed by atoms with E-state index in [1.54, 1.807) is 11.0 Å². The molecule has 0 aliphatic rings. The second-order valence-corrected chi connectivity index (χ2v) is 4.96. The van der Waals surface area contributed by atoms with Crippen molar-refractivity contribution in [3.8, 4) is 0 Å². The summed E-state index contributed by atoms with van der Waals surface area (Å²) < 4.78 is 0. The van der Waals surface area contributed by atoms with Gasteiger partial charge in [0, 0.05) is 19.3 Å². The number of nitrogens with one attached hydrogen (secondary N) is 1. The fourth-order valence-electron chi connectivity index (χ4n) is 1.70. The molecule has 1 aromatic heterocycles. The number of carbonyl (C=O) groups is 1. The maximum atomic E-state index is 12.4. The van der Waals surface area contributed by atoms with E-state index >= 15 is 0 Å². The van der Waals surface area contributed by atoms with Gasteiger partial charge in [0.2, 0.25) is 0 Å². The summed E-state index contributed by atoms with van der Waals surface area (Å²) in [6.07, 6.45) is 2.53. The van der Waals surface area contributed by atoms with Crippen molar-refractivity contribution < 1.29 is 4.79 Å². The van der Waals surface area contributed by atoms with Gasteiger partial charge in [0.25, 0.3) is 5.91 Å². The summed E-state index contributed by atoms with van der Waals surface area (Å²) in [6.45, 7) is 7.61. The Balaban J connectivity index is 2.88. The molecule has 0 bridgehead atoms. The molecule has 19 heavy (non-hydrogen) atoms. The van der Waals surface area contributed by atoms with E-state index in [1.165, 1.54) is 6.20 Å². The summed E-state index contributed by atoms with van der Waals surface area (Å²) >= 11 is 5.98. The lowest BCUT2D eigenvalue weighted by Crippen LogP contribution is -2.34.